The van der Waals surface area contributed by atoms with Crippen molar-refractivity contribution in [2.45, 2.75) is 22.9 Å². The number of rotatable bonds is 8. The molecule has 0 saturated carbocycles. The number of amides is 1. The standard InChI is InChI=1S/C21H23N3O3S3/c1-15-6-8-16(9-7-15)21(18-5-4-12-28-18)23-19(25)14-29-20-11-10-17(13-22-20)30(26,27)24(2)3/h4-13,21H,14H2,1-3H3,(H,23,25). The molecule has 0 aliphatic rings. The maximum absolute atomic E-state index is 12.6. The van der Waals surface area contributed by atoms with E-state index in [9.17, 15) is 13.2 Å². The van der Waals surface area contributed by atoms with Crippen molar-refractivity contribution in [2.75, 3.05) is 19.8 Å². The number of hydrogen-bond donors (Lipinski definition) is 1. The molecule has 30 heavy (non-hydrogen) atoms. The minimum Gasteiger partial charge on any atom is -0.344 e. The van der Waals surface area contributed by atoms with Gasteiger partial charge < -0.3 is 5.32 Å². The van der Waals surface area contributed by atoms with E-state index in [4.69, 9.17) is 0 Å². The van der Waals surface area contributed by atoms with Crippen LogP contribution in [0.4, 0.5) is 0 Å². The summed E-state index contributed by atoms with van der Waals surface area (Å²) in [4.78, 5) is 18.0. The molecule has 0 bridgehead atoms. The minimum atomic E-state index is -3.52. The van der Waals surface area contributed by atoms with Gasteiger partial charge in [0.25, 0.3) is 0 Å². The van der Waals surface area contributed by atoms with Crippen molar-refractivity contribution in [3.63, 3.8) is 0 Å². The predicted octanol–water partition coefficient (Wildman–Crippen LogP) is 3.70. The highest BCUT2D eigenvalue weighted by Crippen LogP contribution is 2.27. The summed E-state index contributed by atoms with van der Waals surface area (Å²) in [5, 5.41) is 5.68. The number of thioether (sulfide) groups is 1. The van der Waals surface area contributed by atoms with Crippen molar-refractivity contribution in [3.8, 4) is 0 Å². The van der Waals surface area contributed by atoms with E-state index in [2.05, 4.69) is 10.3 Å². The van der Waals surface area contributed by atoms with E-state index < -0.39 is 10.0 Å². The summed E-state index contributed by atoms with van der Waals surface area (Å²) in [5.74, 6) is 0.0614. The van der Waals surface area contributed by atoms with Crippen LogP contribution in [0.2, 0.25) is 0 Å². The number of thiophene rings is 1. The molecule has 1 amide bonds. The number of aryl methyl sites for hydroxylation is 1. The number of aromatic nitrogens is 1. The molecule has 0 radical (unpaired) electrons. The summed E-state index contributed by atoms with van der Waals surface area (Å²) in [6.07, 6.45) is 1.32. The fourth-order valence-corrected chi connectivity index (χ4v) is 4.99. The second-order valence-electron chi connectivity index (χ2n) is 6.83. The molecule has 0 saturated heterocycles. The number of pyridine rings is 1. The number of benzene rings is 1. The van der Waals surface area contributed by atoms with Crippen molar-refractivity contribution < 1.29 is 13.2 Å². The Bertz CT molecular complexity index is 1080. The molecular weight excluding hydrogens is 438 g/mol. The maximum Gasteiger partial charge on any atom is 0.244 e. The van der Waals surface area contributed by atoms with E-state index in [-0.39, 0.29) is 22.6 Å². The van der Waals surface area contributed by atoms with Crippen molar-refractivity contribution in [1.82, 2.24) is 14.6 Å². The average Bonchev–Trinajstić information content (AvgIpc) is 3.26. The molecule has 0 spiro atoms. The first kappa shape index (κ1) is 22.5. The Morgan fingerprint density at radius 1 is 1.17 bits per heavy atom. The predicted molar refractivity (Wildman–Crippen MR) is 121 cm³/mol. The number of carbonyl (C=O) groups excluding carboxylic acids is 1. The molecule has 158 valence electrons. The van der Waals surface area contributed by atoms with Crippen molar-refractivity contribution in [2.24, 2.45) is 0 Å². The van der Waals surface area contributed by atoms with E-state index in [1.165, 1.54) is 38.1 Å². The summed E-state index contributed by atoms with van der Waals surface area (Å²) < 4.78 is 25.4. The fraction of sp³-hybridized carbons (Fsp3) is 0.238. The molecule has 1 unspecified atom stereocenters. The van der Waals surface area contributed by atoms with E-state index in [0.717, 1.165) is 20.3 Å². The van der Waals surface area contributed by atoms with Crippen LogP contribution in [-0.2, 0) is 14.8 Å². The number of nitrogens with zero attached hydrogens (tertiary/aromatic N) is 2. The minimum absolute atomic E-state index is 0.120. The van der Waals surface area contributed by atoms with Gasteiger partial charge in [-0.1, -0.05) is 47.7 Å². The van der Waals surface area contributed by atoms with Crippen LogP contribution in [-0.4, -0.2) is 43.5 Å². The normalized spacial score (nSPS) is 12.7. The molecule has 9 heteroatoms. The van der Waals surface area contributed by atoms with Crippen LogP contribution < -0.4 is 5.32 Å². The molecule has 3 rings (SSSR count). The first-order chi connectivity index (χ1) is 14.3. The third kappa shape index (κ3) is 5.48. The Hall–Kier alpha value is -2.20. The monoisotopic (exact) mass is 461 g/mol. The van der Waals surface area contributed by atoms with Gasteiger partial charge in [-0.3, -0.25) is 4.79 Å². The molecule has 1 N–H and O–H groups in total. The van der Waals surface area contributed by atoms with Gasteiger partial charge in [0, 0.05) is 25.2 Å². The fourth-order valence-electron chi connectivity index (χ4n) is 2.69. The van der Waals surface area contributed by atoms with Crippen LogP contribution in [0.25, 0.3) is 0 Å². The topological polar surface area (TPSA) is 79.4 Å². The van der Waals surface area contributed by atoms with Crippen LogP contribution >= 0.6 is 23.1 Å². The summed E-state index contributed by atoms with van der Waals surface area (Å²) in [6.45, 7) is 2.03. The van der Waals surface area contributed by atoms with E-state index >= 15 is 0 Å². The molecule has 2 aromatic heterocycles. The van der Waals surface area contributed by atoms with Crippen LogP contribution in [0.3, 0.4) is 0 Å². The lowest BCUT2D eigenvalue weighted by Gasteiger charge is -2.18. The molecule has 6 nitrogen and oxygen atoms in total. The second-order valence-corrected chi connectivity index (χ2v) is 11.0. The molecule has 0 aliphatic heterocycles. The summed E-state index contributed by atoms with van der Waals surface area (Å²) >= 11 is 2.86. The Labute approximate surface area is 185 Å². The maximum atomic E-state index is 12.6. The molecule has 1 aromatic carbocycles. The molecule has 0 fully saturated rings. The zero-order valence-corrected chi connectivity index (χ0v) is 19.4. The molecule has 1 atom stereocenters. The number of hydrogen-bond acceptors (Lipinski definition) is 6. The molecular formula is C21H23N3O3S3. The highest BCUT2D eigenvalue weighted by molar-refractivity contribution is 7.99. The molecule has 3 aromatic rings. The molecule has 2 heterocycles. The number of carbonyl (C=O) groups is 1. The van der Waals surface area contributed by atoms with Gasteiger partial charge >= 0.3 is 0 Å². The van der Waals surface area contributed by atoms with Gasteiger partial charge in [-0.25, -0.2) is 17.7 Å². The van der Waals surface area contributed by atoms with Crippen molar-refractivity contribution in [1.29, 1.82) is 0 Å². The first-order valence-corrected chi connectivity index (χ1v) is 12.5. The third-order valence-electron chi connectivity index (χ3n) is 4.38. The van der Waals surface area contributed by atoms with Gasteiger partial charge in [-0.2, -0.15) is 0 Å². The summed E-state index contributed by atoms with van der Waals surface area (Å²) in [7, 11) is -0.571. The Balaban J connectivity index is 1.66. The highest BCUT2D eigenvalue weighted by Gasteiger charge is 2.19. The van der Waals surface area contributed by atoms with Gasteiger partial charge in [0.15, 0.2) is 0 Å². The van der Waals surface area contributed by atoms with Crippen LogP contribution in [0.1, 0.15) is 22.0 Å². The van der Waals surface area contributed by atoms with Gasteiger partial charge in [-0.15, -0.1) is 11.3 Å². The Morgan fingerprint density at radius 3 is 2.47 bits per heavy atom. The third-order valence-corrected chi connectivity index (χ3v) is 8.06. The van der Waals surface area contributed by atoms with E-state index in [1.54, 1.807) is 17.4 Å². The van der Waals surface area contributed by atoms with Gasteiger partial charge in [0.1, 0.15) is 4.90 Å². The van der Waals surface area contributed by atoms with E-state index in [1.807, 2.05) is 48.7 Å². The lowest BCUT2D eigenvalue weighted by molar-refractivity contribution is -0.119. The lowest BCUT2D eigenvalue weighted by atomic mass is 10.0. The largest absolute Gasteiger partial charge is 0.344 e. The first-order valence-electron chi connectivity index (χ1n) is 9.18. The van der Waals surface area contributed by atoms with Crippen LogP contribution in [0.5, 0.6) is 0 Å². The Morgan fingerprint density at radius 2 is 1.90 bits per heavy atom. The summed E-state index contributed by atoms with van der Waals surface area (Å²) in [6, 6.07) is 15.0. The average molecular weight is 462 g/mol. The molecule has 0 aliphatic carbocycles. The number of nitrogens with one attached hydrogen (secondary N) is 1. The SMILES string of the molecule is Cc1ccc(C(NC(=O)CSc2ccc(S(=O)(=O)N(C)C)cn2)c2cccs2)cc1. The smallest absolute Gasteiger partial charge is 0.244 e. The Kier molecular flexibility index (Phi) is 7.30. The number of sulfonamides is 1. The van der Waals surface area contributed by atoms with Gasteiger partial charge in [-0.05, 0) is 36.1 Å². The van der Waals surface area contributed by atoms with Crippen molar-refractivity contribution in [3.05, 3.63) is 76.1 Å². The van der Waals surface area contributed by atoms with Crippen LogP contribution in [0, 0.1) is 6.92 Å². The van der Waals surface area contributed by atoms with Crippen LogP contribution in [0.15, 0.2) is 70.0 Å². The van der Waals surface area contributed by atoms with Crippen molar-refractivity contribution >= 4 is 39.0 Å². The zero-order valence-electron chi connectivity index (χ0n) is 16.9. The lowest BCUT2D eigenvalue weighted by Crippen LogP contribution is -2.30. The second kappa shape index (κ2) is 9.74. The quantitative estimate of drug-likeness (QED) is 0.518. The van der Waals surface area contributed by atoms with Gasteiger partial charge in [0.05, 0.1) is 16.8 Å². The zero-order chi connectivity index (χ0) is 21.7. The summed E-state index contributed by atoms with van der Waals surface area (Å²) in [5.41, 5.74) is 2.19. The highest BCUT2D eigenvalue weighted by atomic mass is 32.2. The van der Waals surface area contributed by atoms with E-state index in [0.29, 0.717) is 5.03 Å². The van der Waals surface area contributed by atoms with Gasteiger partial charge in [0.2, 0.25) is 15.9 Å².